The Balaban J connectivity index is 0.00000261. The molecule has 8 heteroatoms. The average molecular weight is 392 g/mol. The van der Waals surface area contributed by atoms with Gasteiger partial charge in [-0.3, -0.25) is 14.8 Å². The maximum absolute atomic E-state index is 12.5. The Labute approximate surface area is 163 Å². The minimum Gasteiger partial charge on any atom is -0.484 e. The molecule has 0 aromatic heterocycles. The second kappa shape index (κ2) is 9.36. The lowest BCUT2D eigenvalue weighted by atomic mass is 9.95. The maximum atomic E-state index is 12.5. The first kappa shape index (κ1) is 20.7. The van der Waals surface area contributed by atoms with Crippen molar-refractivity contribution in [2.75, 3.05) is 11.9 Å². The molecule has 1 atom stereocenters. The number of carbonyl (C=O) groups is 2. The first-order valence-electron chi connectivity index (χ1n) is 8.33. The number of anilines is 1. The second-order valence-corrected chi connectivity index (χ2v) is 6.25. The molecule has 2 amide bonds. The molecular formula is C19H22ClN3O4. The average Bonchev–Trinajstić information content (AvgIpc) is 2.67. The number of hydroxylamine groups is 1. The van der Waals surface area contributed by atoms with Gasteiger partial charge in [-0.05, 0) is 48.7 Å². The highest BCUT2D eigenvalue weighted by atomic mass is 35.5. The molecule has 144 valence electrons. The molecule has 2 aromatic rings. The van der Waals surface area contributed by atoms with E-state index in [1.807, 2.05) is 43.3 Å². The molecule has 0 aliphatic carbocycles. The normalized spacial score (nSPS) is 15.1. The van der Waals surface area contributed by atoms with Gasteiger partial charge in [-0.25, -0.2) is 5.48 Å². The van der Waals surface area contributed by atoms with Crippen molar-refractivity contribution in [3.63, 3.8) is 0 Å². The minimum absolute atomic E-state index is 0. The van der Waals surface area contributed by atoms with Gasteiger partial charge in [-0.2, -0.15) is 0 Å². The molecule has 7 nitrogen and oxygen atoms in total. The van der Waals surface area contributed by atoms with Crippen LogP contribution in [0.1, 0.15) is 16.7 Å². The lowest BCUT2D eigenvalue weighted by Gasteiger charge is -2.26. The van der Waals surface area contributed by atoms with E-state index in [-0.39, 0.29) is 31.0 Å². The van der Waals surface area contributed by atoms with E-state index in [0.717, 1.165) is 22.4 Å². The number of rotatable bonds is 5. The standard InChI is InChI=1S/C19H21N3O4.ClH/c1-12-2-5-15(6-3-12)21-19(24)17-9-13-4-7-16(8-14(13)10-20-17)26-11-18(23)22-25;/h2-8,17,20,25H,9-11H2,1H3,(H,21,24)(H,22,23);1H/t17-;/m0./s1. The summed E-state index contributed by atoms with van der Waals surface area (Å²) in [5, 5.41) is 14.6. The van der Waals surface area contributed by atoms with Crippen LogP contribution in [0.25, 0.3) is 0 Å². The van der Waals surface area contributed by atoms with E-state index in [1.54, 1.807) is 6.07 Å². The monoisotopic (exact) mass is 391 g/mol. The largest absolute Gasteiger partial charge is 0.484 e. The summed E-state index contributed by atoms with van der Waals surface area (Å²) in [6, 6.07) is 12.9. The molecule has 0 fully saturated rings. The molecule has 4 N–H and O–H groups in total. The number of halogens is 1. The summed E-state index contributed by atoms with van der Waals surface area (Å²) < 4.78 is 5.31. The molecule has 27 heavy (non-hydrogen) atoms. The zero-order valence-electron chi connectivity index (χ0n) is 14.8. The Kier molecular flexibility index (Phi) is 7.18. The van der Waals surface area contributed by atoms with Crippen LogP contribution in [-0.4, -0.2) is 29.7 Å². The number of fused-ring (bicyclic) bond motifs is 1. The fraction of sp³-hybridized carbons (Fsp3) is 0.263. The van der Waals surface area contributed by atoms with Crippen molar-refractivity contribution in [3.8, 4) is 5.75 Å². The predicted octanol–water partition coefficient (Wildman–Crippen LogP) is 1.95. The van der Waals surface area contributed by atoms with Crippen LogP contribution in [0, 0.1) is 6.92 Å². The number of aryl methyl sites for hydroxylation is 1. The predicted molar refractivity (Wildman–Crippen MR) is 103 cm³/mol. The molecule has 0 saturated heterocycles. The molecule has 1 heterocycles. The van der Waals surface area contributed by atoms with E-state index in [2.05, 4.69) is 10.6 Å². The third-order valence-electron chi connectivity index (χ3n) is 4.27. The molecule has 0 unspecified atom stereocenters. The van der Waals surface area contributed by atoms with Gasteiger partial charge < -0.3 is 15.4 Å². The summed E-state index contributed by atoms with van der Waals surface area (Å²) in [6.07, 6.45) is 0.574. The van der Waals surface area contributed by atoms with Crippen LogP contribution in [0.3, 0.4) is 0 Å². The molecule has 0 bridgehead atoms. The highest BCUT2D eigenvalue weighted by molar-refractivity contribution is 5.95. The van der Waals surface area contributed by atoms with Crippen molar-refractivity contribution < 1.29 is 19.5 Å². The summed E-state index contributed by atoms with van der Waals surface area (Å²) in [5.41, 5.74) is 5.52. The second-order valence-electron chi connectivity index (χ2n) is 6.25. The van der Waals surface area contributed by atoms with Gasteiger partial charge in [0.1, 0.15) is 5.75 Å². The van der Waals surface area contributed by atoms with Crippen molar-refractivity contribution in [2.45, 2.75) is 25.9 Å². The third-order valence-corrected chi connectivity index (χ3v) is 4.27. The number of benzene rings is 2. The summed E-state index contributed by atoms with van der Waals surface area (Å²) in [6.45, 7) is 2.27. The van der Waals surface area contributed by atoms with Crippen LogP contribution in [0.5, 0.6) is 5.75 Å². The van der Waals surface area contributed by atoms with Gasteiger partial charge in [0.2, 0.25) is 5.91 Å². The smallest absolute Gasteiger partial charge is 0.281 e. The van der Waals surface area contributed by atoms with Crippen LogP contribution in [0.15, 0.2) is 42.5 Å². The van der Waals surface area contributed by atoms with Crippen LogP contribution >= 0.6 is 12.4 Å². The van der Waals surface area contributed by atoms with Crippen molar-refractivity contribution in [1.29, 1.82) is 0 Å². The quantitative estimate of drug-likeness (QED) is 0.461. The van der Waals surface area contributed by atoms with Gasteiger partial charge in [0, 0.05) is 12.2 Å². The first-order chi connectivity index (χ1) is 12.5. The lowest BCUT2D eigenvalue weighted by molar-refractivity contribution is -0.131. The van der Waals surface area contributed by atoms with Crippen LogP contribution in [0.4, 0.5) is 5.69 Å². The molecule has 3 rings (SSSR count). The highest BCUT2D eigenvalue weighted by Crippen LogP contribution is 2.23. The van der Waals surface area contributed by atoms with Gasteiger partial charge in [-0.15, -0.1) is 12.4 Å². The van der Waals surface area contributed by atoms with Gasteiger partial charge >= 0.3 is 0 Å². The maximum Gasteiger partial charge on any atom is 0.281 e. The van der Waals surface area contributed by atoms with Gasteiger partial charge in [0.25, 0.3) is 5.91 Å². The van der Waals surface area contributed by atoms with Gasteiger partial charge in [-0.1, -0.05) is 23.8 Å². The fourth-order valence-corrected chi connectivity index (χ4v) is 2.81. The molecule has 1 aliphatic rings. The zero-order chi connectivity index (χ0) is 18.5. The lowest BCUT2D eigenvalue weighted by Crippen LogP contribution is -2.44. The number of nitrogens with one attached hydrogen (secondary N) is 3. The van der Waals surface area contributed by atoms with Crippen molar-refractivity contribution >= 4 is 29.9 Å². The number of carbonyl (C=O) groups excluding carboxylic acids is 2. The Bertz CT molecular complexity index is 811. The van der Waals surface area contributed by atoms with Crippen LogP contribution in [-0.2, 0) is 22.6 Å². The van der Waals surface area contributed by atoms with E-state index in [1.165, 1.54) is 5.48 Å². The zero-order valence-corrected chi connectivity index (χ0v) is 15.6. The summed E-state index contributed by atoms with van der Waals surface area (Å²) in [4.78, 5) is 23.5. The SMILES string of the molecule is Cc1ccc(NC(=O)[C@@H]2Cc3ccc(OCC(=O)NO)cc3CN2)cc1.Cl. The Morgan fingerprint density at radius 1 is 1.19 bits per heavy atom. The highest BCUT2D eigenvalue weighted by Gasteiger charge is 2.24. The van der Waals surface area contributed by atoms with Gasteiger partial charge in [0.15, 0.2) is 6.61 Å². The molecule has 1 aliphatic heterocycles. The Morgan fingerprint density at radius 2 is 1.93 bits per heavy atom. The molecule has 0 saturated carbocycles. The van der Waals surface area contributed by atoms with Crippen molar-refractivity contribution in [2.24, 2.45) is 0 Å². The first-order valence-corrected chi connectivity index (χ1v) is 8.33. The van der Waals surface area contributed by atoms with Crippen molar-refractivity contribution in [1.82, 2.24) is 10.8 Å². The van der Waals surface area contributed by atoms with Gasteiger partial charge in [0.05, 0.1) is 6.04 Å². The third kappa shape index (κ3) is 5.43. The number of amides is 2. The van der Waals surface area contributed by atoms with E-state index in [0.29, 0.717) is 18.7 Å². The Hall–Kier alpha value is -2.61. The topological polar surface area (TPSA) is 99.7 Å². The minimum atomic E-state index is -0.617. The molecule has 0 spiro atoms. The summed E-state index contributed by atoms with van der Waals surface area (Å²) in [5.74, 6) is -0.148. The number of hydrogen-bond donors (Lipinski definition) is 4. The van der Waals surface area contributed by atoms with E-state index in [4.69, 9.17) is 9.94 Å². The summed E-state index contributed by atoms with van der Waals surface area (Å²) >= 11 is 0. The van der Waals surface area contributed by atoms with E-state index < -0.39 is 5.91 Å². The fourth-order valence-electron chi connectivity index (χ4n) is 2.81. The van der Waals surface area contributed by atoms with Crippen molar-refractivity contribution in [3.05, 3.63) is 59.2 Å². The van der Waals surface area contributed by atoms with Crippen LogP contribution in [0.2, 0.25) is 0 Å². The number of ether oxygens (including phenoxy) is 1. The molecule has 0 radical (unpaired) electrons. The van der Waals surface area contributed by atoms with Crippen LogP contribution < -0.4 is 20.9 Å². The molecular weight excluding hydrogens is 370 g/mol. The summed E-state index contributed by atoms with van der Waals surface area (Å²) in [7, 11) is 0. The van der Waals surface area contributed by atoms with E-state index >= 15 is 0 Å². The Morgan fingerprint density at radius 3 is 2.63 bits per heavy atom. The van der Waals surface area contributed by atoms with E-state index in [9.17, 15) is 9.59 Å². The molecule has 2 aromatic carbocycles. The number of hydrogen-bond acceptors (Lipinski definition) is 5.